The maximum atomic E-state index is 10.8. The Bertz CT molecular complexity index is 251. The minimum atomic E-state index is -0.752. The van der Waals surface area contributed by atoms with Gasteiger partial charge in [-0.3, -0.25) is 0 Å². The molecule has 112 valence electrons. The summed E-state index contributed by atoms with van der Waals surface area (Å²) in [4.78, 5) is 14.8. The average Bonchev–Trinajstić information content (AvgIpc) is 2.39. The molecule has 1 saturated heterocycles. The summed E-state index contributed by atoms with van der Waals surface area (Å²) in [6, 6.07) is 0. The first-order valence-corrected chi connectivity index (χ1v) is 7.80. The molecule has 1 heterocycles. The summed E-state index contributed by atoms with van der Waals surface area (Å²) >= 11 is 0. The van der Waals surface area contributed by atoms with Crippen molar-refractivity contribution >= 4 is 6.09 Å². The first kappa shape index (κ1) is 16.3. The molecule has 19 heavy (non-hydrogen) atoms. The number of likely N-dealkylation sites (tertiary alicyclic amines) is 1. The molecule has 1 fully saturated rings. The van der Waals surface area contributed by atoms with Crippen LogP contribution < -0.4 is 0 Å². The molecule has 0 bridgehead atoms. The van der Waals surface area contributed by atoms with E-state index in [1.54, 1.807) is 4.90 Å². The quantitative estimate of drug-likeness (QED) is 0.688. The van der Waals surface area contributed by atoms with Crippen molar-refractivity contribution < 1.29 is 9.90 Å². The maximum absolute atomic E-state index is 10.8. The van der Waals surface area contributed by atoms with Crippen LogP contribution in [0.4, 0.5) is 4.79 Å². The van der Waals surface area contributed by atoms with Gasteiger partial charge in [-0.25, -0.2) is 4.79 Å². The van der Waals surface area contributed by atoms with E-state index >= 15 is 0 Å². The third-order valence-electron chi connectivity index (χ3n) is 4.14. The third-order valence-corrected chi connectivity index (χ3v) is 4.14. The zero-order valence-electron chi connectivity index (χ0n) is 12.6. The molecule has 0 atom stereocenters. The van der Waals surface area contributed by atoms with E-state index in [-0.39, 0.29) is 0 Å². The van der Waals surface area contributed by atoms with E-state index in [2.05, 4.69) is 18.9 Å². The van der Waals surface area contributed by atoms with Gasteiger partial charge in [0.15, 0.2) is 0 Å². The fraction of sp³-hybridized carbons (Fsp3) is 0.933. The van der Waals surface area contributed by atoms with Gasteiger partial charge in [0.25, 0.3) is 0 Å². The topological polar surface area (TPSA) is 43.8 Å². The van der Waals surface area contributed by atoms with Crippen LogP contribution in [0.1, 0.15) is 51.9 Å². The second kappa shape index (κ2) is 9.18. The molecule has 1 aliphatic heterocycles. The standard InChI is InChI=1S/C15H30N2O2/c1-3-10-16(2)11-6-4-5-7-14-8-12-17(13-9-14)15(18)19/h14H,3-13H2,1-2H3,(H,18,19). The molecule has 0 aliphatic carbocycles. The number of carbonyl (C=O) groups is 1. The second-order valence-corrected chi connectivity index (χ2v) is 5.87. The van der Waals surface area contributed by atoms with Crippen molar-refractivity contribution in [3.05, 3.63) is 0 Å². The molecule has 0 saturated carbocycles. The number of hydrogen-bond donors (Lipinski definition) is 1. The van der Waals surface area contributed by atoms with Crippen molar-refractivity contribution in [1.82, 2.24) is 9.80 Å². The van der Waals surface area contributed by atoms with E-state index in [0.29, 0.717) is 0 Å². The SMILES string of the molecule is CCCN(C)CCCCCC1CCN(C(=O)O)CC1. The van der Waals surface area contributed by atoms with E-state index in [9.17, 15) is 4.79 Å². The van der Waals surface area contributed by atoms with Gasteiger partial charge < -0.3 is 14.9 Å². The highest BCUT2D eigenvalue weighted by Gasteiger charge is 2.21. The van der Waals surface area contributed by atoms with Crippen LogP contribution in [0.2, 0.25) is 0 Å². The first-order valence-electron chi connectivity index (χ1n) is 7.80. The average molecular weight is 270 g/mol. The van der Waals surface area contributed by atoms with Crippen molar-refractivity contribution in [2.45, 2.75) is 51.9 Å². The molecule has 0 spiro atoms. The van der Waals surface area contributed by atoms with Crippen LogP contribution in [0.3, 0.4) is 0 Å². The van der Waals surface area contributed by atoms with Gasteiger partial charge in [-0.15, -0.1) is 0 Å². The van der Waals surface area contributed by atoms with Crippen molar-refractivity contribution in [1.29, 1.82) is 0 Å². The normalized spacial score (nSPS) is 17.1. The first-order chi connectivity index (χ1) is 9.13. The Morgan fingerprint density at radius 3 is 2.47 bits per heavy atom. The Hall–Kier alpha value is -0.770. The van der Waals surface area contributed by atoms with Crippen molar-refractivity contribution in [3.8, 4) is 0 Å². The predicted octanol–water partition coefficient (Wildman–Crippen LogP) is 3.28. The summed E-state index contributed by atoms with van der Waals surface area (Å²) in [5.41, 5.74) is 0. The highest BCUT2D eigenvalue weighted by Crippen LogP contribution is 2.22. The molecule has 1 N–H and O–H groups in total. The van der Waals surface area contributed by atoms with Gasteiger partial charge in [-0.05, 0) is 51.7 Å². The van der Waals surface area contributed by atoms with E-state index in [4.69, 9.17) is 5.11 Å². The second-order valence-electron chi connectivity index (χ2n) is 5.87. The molecule has 4 heteroatoms. The number of nitrogens with zero attached hydrogens (tertiary/aromatic N) is 2. The number of hydrogen-bond acceptors (Lipinski definition) is 2. The van der Waals surface area contributed by atoms with Gasteiger partial charge >= 0.3 is 6.09 Å². The van der Waals surface area contributed by atoms with Gasteiger partial charge in [-0.2, -0.15) is 0 Å². The van der Waals surface area contributed by atoms with Gasteiger partial charge in [0.05, 0.1) is 0 Å². The molecule has 4 nitrogen and oxygen atoms in total. The maximum Gasteiger partial charge on any atom is 0.407 e. The molecular weight excluding hydrogens is 240 g/mol. The molecule has 0 aromatic carbocycles. The number of rotatable bonds is 8. The molecule has 1 amide bonds. The van der Waals surface area contributed by atoms with E-state index in [1.807, 2.05) is 0 Å². The van der Waals surface area contributed by atoms with Crippen molar-refractivity contribution in [2.24, 2.45) is 5.92 Å². The molecule has 0 aromatic rings. The zero-order valence-corrected chi connectivity index (χ0v) is 12.6. The van der Waals surface area contributed by atoms with Gasteiger partial charge in [0.2, 0.25) is 0 Å². The van der Waals surface area contributed by atoms with Crippen LogP contribution in [-0.2, 0) is 0 Å². The summed E-state index contributed by atoms with van der Waals surface area (Å²) in [5, 5.41) is 8.89. The summed E-state index contributed by atoms with van der Waals surface area (Å²) in [7, 11) is 2.20. The van der Waals surface area contributed by atoms with Crippen LogP contribution in [0.25, 0.3) is 0 Å². The molecule has 0 aromatic heterocycles. The lowest BCUT2D eigenvalue weighted by Gasteiger charge is -2.30. The highest BCUT2D eigenvalue weighted by atomic mass is 16.4. The van der Waals surface area contributed by atoms with Crippen LogP contribution in [-0.4, -0.2) is 54.2 Å². The Kier molecular flexibility index (Phi) is 7.87. The number of unbranched alkanes of at least 4 members (excludes halogenated alkanes) is 2. The lowest BCUT2D eigenvalue weighted by molar-refractivity contribution is 0.122. The Morgan fingerprint density at radius 2 is 1.89 bits per heavy atom. The molecule has 1 rings (SSSR count). The highest BCUT2D eigenvalue weighted by molar-refractivity contribution is 5.64. The van der Waals surface area contributed by atoms with Crippen LogP contribution in [0.5, 0.6) is 0 Å². The van der Waals surface area contributed by atoms with E-state index in [0.717, 1.165) is 31.8 Å². The Morgan fingerprint density at radius 1 is 1.21 bits per heavy atom. The number of amides is 1. The van der Waals surface area contributed by atoms with Crippen molar-refractivity contribution in [2.75, 3.05) is 33.2 Å². The molecule has 0 radical (unpaired) electrons. The smallest absolute Gasteiger partial charge is 0.407 e. The summed E-state index contributed by atoms with van der Waals surface area (Å²) < 4.78 is 0. The fourth-order valence-corrected chi connectivity index (χ4v) is 2.90. The zero-order chi connectivity index (χ0) is 14.1. The van der Waals surface area contributed by atoms with Crippen LogP contribution in [0.15, 0.2) is 0 Å². The van der Waals surface area contributed by atoms with Crippen molar-refractivity contribution in [3.63, 3.8) is 0 Å². The summed E-state index contributed by atoms with van der Waals surface area (Å²) in [6.07, 6.45) is 7.79. The number of piperidine rings is 1. The summed E-state index contributed by atoms with van der Waals surface area (Å²) in [6.45, 7) is 6.11. The monoisotopic (exact) mass is 270 g/mol. The Labute approximate surface area is 117 Å². The fourth-order valence-electron chi connectivity index (χ4n) is 2.90. The Balaban J connectivity index is 1.98. The van der Waals surface area contributed by atoms with Gasteiger partial charge in [0, 0.05) is 13.1 Å². The summed E-state index contributed by atoms with van der Waals surface area (Å²) in [5.74, 6) is 0.754. The number of carboxylic acid groups (broad SMARTS) is 1. The minimum Gasteiger partial charge on any atom is -0.465 e. The van der Waals surface area contributed by atoms with Crippen LogP contribution in [0, 0.1) is 5.92 Å². The van der Waals surface area contributed by atoms with E-state index < -0.39 is 6.09 Å². The molecular formula is C15H30N2O2. The van der Waals surface area contributed by atoms with Gasteiger partial charge in [-0.1, -0.05) is 26.2 Å². The minimum absolute atomic E-state index is 0.735. The molecule has 1 aliphatic rings. The van der Waals surface area contributed by atoms with E-state index in [1.165, 1.54) is 45.2 Å². The largest absolute Gasteiger partial charge is 0.465 e. The lowest BCUT2D eigenvalue weighted by atomic mass is 9.91. The third kappa shape index (κ3) is 6.81. The van der Waals surface area contributed by atoms with Crippen LogP contribution >= 0.6 is 0 Å². The predicted molar refractivity (Wildman–Crippen MR) is 78.6 cm³/mol. The van der Waals surface area contributed by atoms with Gasteiger partial charge in [0.1, 0.15) is 0 Å². The molecule has 0 unspecified atom stereocenters. The lowest BCUT2D eigenvalue weighted by Crippen LogP contribution is -2.37.